The van der Waals surface area contributed by atoms with E-state index in [1.54, 1.807) is 18.2 Å². The van der Waals surface area contributed by atoms with Crippen LogP contribution in [-0.2, 0) is 0 Å². The van der Waals surface area contributed by atoms with Crippen molar-refractivity contribution in [2.75, 3.05) is 6.26 Å². The number of thioether (sulfide) groups is 1. The second-order valence-corrected chi connectivity index (χ2v) is 6.89. The van der Waals surface area contributed by atoms with Gasteiger partial charge in [0.05, 0.1) is 5.56 Å². The summed E-state index contributed by atoms with van der Waals surface area (Å²) in [6.07, 6.45) is 5.46. The normalized spacial score (nSPS) is 23.1. The molecule has 2 nitrogen and oxygen atoms in total. The molecule has 0 aliphatic heterocycles. The highest BCUT2D eigenvalue weighted by molar-refractivity contribution is 9.10. The van der Waals surface area contributed by atoms with Gasteiger partial charge in [0.2, 0.25) is 0 Å². The Bertz CT molecular complexity index is 455. The topological polar surface area (TPSA) is 29.1 Å². The van der Waals surface area contributed by atoms with Crippen molar-refractivity contribution < 1.29 is 4.79 Å². The lowest BCUT2D eigenvalue weighted by atomic mass is 10.2. The average Bonchev–Trinajstić information content (AvgIpc) is 2.76. The van der Waals surface area contributed by atoms with Crippen LogP contribution in [0.15, 0.2) is 22.7 Å². The van der Waals surface area contributed by atoms with E-state index in [0.29, 0.717) is 21.9 Å². The molecule has 0 spiro atoms. The molecule has 1 aliphatic rings. The predicted molar refractivity (Wildman–Crippen MR) is 81.6 cm³/mol. The fourth-order valence-corrected chi connectivity index (χ4v) is 3.88. The molecule has 98 valence electrons. The lowest BCUT2D eigenvalue weighted by Gasteiger charge is -2.13. The molecule has 1 aliphatic carbocycles. The monoisotopic (exact) mass is 347 g/mol. The highest BCUT2D eigenvalue weighted by Gasteiger charge is 2.25. The van der Waals surface area contributed by atoms with E-state index < -0.39 is 0 Å². The van der Waals surface area contributed by atoms with Crippen LogP contribution in [0.2, 0.25) is 5.02 Å². The van der Waals surface area contributed by atoms with Gasteiger partial charge < -0.3 is 5.32 Å². The molecule has 0 bridgehead atoms. The number of hydrogen-bond donors (Lipinski definition) is 1. The fourth-order valence-electron chi connectivity index (χ4n) is 2.22. The molecule has 0 aromatic heterocycles. The number of carbonyl (C=O) groups excluding carboxylic acids is 1. The van der Waals surface area contributed by atoms with Gasteiger partial charge in [0, 0.05) is 20.8 Å². The maximum Gasteiger partial charge on any atom is 0.252 e. The molecule has 1 aromatic carbocycles. The average molecular weight is 349 g/mol. The molecule has 5 heteroatoms. The summed E-state index contributed by atoms with van der Waals surface area (Å²) in [6, 6.07) is 5.54. The molecule has 1 amide bonds. The van der Waals surface area contributed by atoms with E-state index in [-0.39, 0.29) is 5.91 Å². The number of halogens is 2. The van der Waals surface area contributed by atoms with Crippen LogP contribution >= 0.6 is 39.3 Å². The molecule has 18 heavy (non-hydrogen) atoms. The molecular formula is C13H15BrClNOS. The standard InChI is InChI=1S/C13H15BrClNOS/c1-18-10-4-3-9(7-10)16-13(17)11-5-2-8(15)6-12(11)14/h2,5-6,9-10H,3-4,7H2,1H3,(H,16,17). The molecular weight excluding hydrogens is 334 g/mol. The van der Waals surface area contributed by atoms with Gasteiger partial charge in [-0.2, -0.15) is 11.8 Å². The van der Waals surface area contributed by atoms with Crippen molar-refractivity contribution >= 4 is 45.2 Å². The Morgan fingerprint density at radius 1 is 1.50 bits per heavy atom. The lowest BCUT2D eigenvalue weighted by molar-refractivity contribution is 0.0937. The third-order valence-corrected chi connectivity index (χ3v) is 5.21. The maximum absolute atomic E-state index is 12.1. The minimum atomic E-state index is -0.0229. The van der Waals surface area contributed by atoms with Crippen molar-refractivity contribution in [2.45, 2.75) is 30.6 Å². The Labute approximate surface area is 125 Å². The SMILES string of the molecule is CSC1CCC(NC(=O)c2ccc(Cl)cc2Br)C1. The third kappa shape index (κ3) is 3.43. The summed E-state index contributed by atoms with van der Waals surface area (Å²) < 4.78 is 0.743. The van der Waals surface area contributed by atoms with Gasteiger partial charge >= 0.3 is 0 Å². The number of amides is 1. The second-order valence-electron chi connectivity index (χ2n) is 4.47. The van der Waals surface area contributed by atoms with Crippen LogP contribution in [0, 0.1) is 0 Å². The zero-order valence-electron chi connectivity index (χ0n) is 10.1. The molecule has 1 N–H and O–H groups in total. The summed E-state index contributed by atoms with van der Waals surface area (Å²) in [5, 5.41) is 4.41. The van der Waals surface area contributed by atoms with Gasteiger partial charge in [0.25, 0.3) is 5.91 Å². The Morgan fingerprint density at radius 3 is 2.89 bits per heavy atom. The minimum Gasteiger partial charge on any atom is -0.349 e. The zero-order valence-corrected chi connectivity index (χ0v) is 13.2. The predicted octanol–water partition coefficient (Wildman–Crippen LogP) is 4.12. The highest BCUT2D eigenvalue weighted by atomic mass is 79.9. The Morgan fingerprint density at radius 2 is 2.28 bits per heavy atom. The molecule has 1 fully saturated rings. The first-order chi connectivity index (χ1) is 8.60. The Balaban J connectivity index is 2.00. The molecule has 2 rings (SSSR count). The summed E-state index contributed by atoms with van der Waals surface area (Å²) in [5.74, 6) is -0.0229. The molecule has 1 saturated carbocycles. The van der Waals surface area contributed by atoms with Crippen molar-refractivity contribution in [1.29, 1.82) is 0 Å². The Hall–Kier alpha value is -0.190. The zero-order chi connectivity index (χ0) is 13.1. The van der Waals surface area contributed by atoms with Crippen molar-refractivity contribution in [1.82, 2.24) is 5.32 Å². The van der Waals surface area contributed by atoms with E-state index in [4.69, 9.17) is 11.6 Å². The summed E-state index contributed by atoms with van der Waals surface area (Å²) in [6.45, 7) is 0. The number of rotatable bonds is 3. The van der Waals surface area contributed by atoms with Gasteiger partial charge in [0.1, 0.15) is 0 Å². The van der Waals surface area contributed by atoms with Gasteiger partial charge in [-0.15, -0.1) is 0 Å². The highest BCUT2D eigenvalue weighted by Crippen LogP contribution is 2.29. The summed E-state index contributed by atoms with van der Waals surface area (Å²) in [4.78, 5) is 12.1. The van der Waals surface area contributed by atoms with E-state index in [1.807, 2.05) is 11.8 Å². The van der Waals surface area contributed by atoms with E-state index in [1.165, 1.54) is 6.42 Å². The number of carbonyl (C=O) groups is 1. The maximum atomic E-state index is 12.1. The molecule has 0 heterocycles. The quantitative estimate of drug-likeness (QED) is 0.890. The van der Waals surface area contributed by atoms with Crippen molar-refractivity contribution in [3.63, 3.8) is 0 Å². The molecule has 2 unspecified atom stereocenters. The number of nitrogens with one attached hydrogen (secondary N) is 1. The minimum absolute atomic E-state index is 0.0229. The van der Waals surface area contributed by atoms with Crippen molar-refractivity contribution in [2.24, 2.45) is 0 Å². The summed E-state index contributed by atoms with van der Waals surface area (Å²) >= 11 is 11.1. The van der Waals surface area contributed by atoms with E-state index in [9.17, 15) is 4.79 Å². The Kier molecular flexibility index (Phi) is 4.98. The van der Waals surface area contributed by atoms with Crippen molar-refractivity contribution in [3.05, 3.63) is 33.3 Å². The van der Waals surface area contributed by atoms with Crippen LogP contribution in [0.25, 0.3) is 0 Å². The third-order valence-electron chi connectivity index (χ3n) is 3.23. The molecule has 1 aromatic rings. The smallest absolute Gasteiger partial charge is 0.252 e. The van der Waals surface area contributed by atoms with Crippen LogP contribution in [0.4, 0.5) is 0 Å². The first-order valence-corrected chi connectivity index (χ1v) is 8.34. The summed E-state index contributed by atoms with van der Waals surface area (Å²) in [5.41, 5.74) is 0.645. The van der Waals surface area contributed by atoms with Gasteiger partial charge in [-0.1, -0.05) is 11.6 Å². The van der Waals surface area contributed by atoms with Crippen LogP contribution < -0.4 is 5.32 Å². The lowest BCUT2D eigenvalue weighted by Crippen LogP contribution is -2.33. The summed E-state index contributed by atoms with van der Waals surface area (Å²) in [7, 11) is 0. The van der Waals surface area contributed by atoms with Crippen LogP contribution in [0.3, 0.4) is 0 Å². The first kappa shape index (κ1) is 14.2. The van der Waals surface area contributed by atoms with Crippen LogP contribution in [0.1, 0.15) is 29.6 Å². The van der Waals surface area contributed by atoms with Gasteiger partial charge in [0.15, 0.2) is 0 Å². The van der Waals surface area contributed by atoms with Crippen LogP contribution in [0.5, 0.6) is 0 Å². The number of benzene rings is 1. The van der Waals surface area contributed by atoms with Gasteiger partial charge in [-0.25, -0.2) is 0 Å². The first-order valence-electron chi connectivity index (χ1n) is 5.89. The fraction of sp³-hybridized carbons (Fsp3) is 0.462. The van der Waals surface area contributed by atoms with Gasteiger partial charge in [-0.05, 0) is 59.6 Å². The van der Waals surface area contributed by atoms with Crippen LogP contribution in [-0.4, -0.2) is 23.5 Å². The molecule has 0 saturated heterocycles. The van der Waals surface area contributed by atoms with E-state index in [0.717, 1.165) is 17.3 Å². The molecule has 2 atom stereocenters. The van der Waals surface area contributed by atoms with E-state index in [2.05, 4.69) is 27.5 Å². The molecule has 0 radical (unpaired) electrons. The second kappa shape index (κ2) is 6.31. The van der Waals surface area contributed by atoms with E-state index >= 15 is 0 Å². The van der Waals surface area contributed by atoms with Crippen molar-refractivity contribution in [3.8, 4) is 0 Å². The number of hydrogen-bond acceptors (Lipinski definition) is 2. The largest absolute Gasteiger partial charge is 0.349 e. The van der Waals surface area contributed by atoms with Gasteiger partial charge in [-0.3, -0.25) is 4.79 Å².